The number of hydrogen-bond acceptors (Lipinski definition) is 5. The Kier molecular flexibility index (Phi) is 3.92. The van der Waals surface area contributed by atoms with Crippen LogP contribution in [0.5, 0.6) is 0 Å². The lowest BCUT2D eigenvalue weighted by Crippen LogP contribution is -1.95. The van der Waals surface area contributed by atoms with Crippen LogP contribution in [-0.2, 0) is 0 Å². The zero-order chi connectivity index (χ0) is 15.6. The molecule has 0 aliphatic carbocycles. The van der Waals surface area contributed by atoms with Crippen molar-refractivity contribution in [2.75, 3.05) is 5.73 Å². The third-order valence-corrected chi connectivity index (χ3v) is 2.47. The fourth-order valence-corrected chi connectivity index (χ4v) is 1.43. The summed E-state index contributed by atoms with van der Waals surface area (Å²) >= 11 is 0. The molecule has 0 aliphatic heterocycles. The standard InChI is InChI=1S/C12H6F4N4O/c13-7-9(15)12(20-21)10(16)8(14)11(7)19-18-6-3-1-5(17)2-4-6/h1-4H,17H2/b19-18+. The van der Waals surface area contributed by atoms with Crippen molar-refractivity contribution < 1.29 is 17.6 Å². The topological polar surface area (TPSA) is 80.2 Å². The van der Waals surface area contributed by atoms with Gasteiger partial charge in [-0.3, -0.25) is 0 Å². The van der Waals surface area contributed by atoms with Gasteiger partial charge in [0, 0.05) is 5.69 Å². The summed E-state index contributed by atoms with van der Waals surface area (Å²) in [5.41, 5.74) is 3.11. The summed E-state index contributed by atoms with van der Waals surface area (Å²) in [5.74, 6) is -7.59. The van der Waals surface area contributed by atoms with Crippen molar-refractivity contribution in [3.8, 4) is 0 Å². The number of benzene rings is 2. The van der Waals surface area contributed by atoms with Crippen LogP contribution in [0.25, 0.3) is 0 Å². The maximum atomic E-state index is 13.5. The summed E-state index contributed by atoms with van der Waals surface area (Å²) in [6.07, 6.45) is 0. The first-order chi connectivity index (χ1) is 9.95. The Balaban J connectivity index is 2.50. The van der Waals surface area contributed by atoms with E-state index in [0.717, 1.165) is 0 Å². The molecule has 0 amide bonds. The highest BCUT2D eigenvalue weighted by Gasteiger charge is 2.26. The highest BCUT2D eigenvalue weighted by Crippen LogP contribution is 2.35. The Morgan fingerprint density at radius 3 is 1.71 bits per heavy atom. The van der Waals surface area contributed by atoms with Gasteiger partial charge in [0.25, 0.3) is 0 Å². The van der Waals surface area contributed by atoms with Gasteiger partial charge in [-0.05, 0) is 29.4 Å². The molecule has 0 fully saturated rings. The number of anilines is 1. The minimum atomic E-state index is -1.94. The molecule has 0 bridgehead atoms. The molecule has 0 aromatic heterocycles. The lowest BCUT2D eigenvalue weighted by Gasteiger charge is -2.03. The molecule has 21 heavy (non-hydrogen) atoms. The van der Waals surface area contributed by atoms with Gasteiger partial charge in [-0.15, -0.1) is 10.0 Å². The van der Waals surface area contributed by atoms with Crippen molar-refractivity contribution >= 4 is 22.7 Å². The average molecular weight is 298 g/mol. The molecule has 2 aromatic carbocycles. The van der Waals surface area contributed by atoms with Crippen LogP contribution in [0.15, 0.2) is 39.7 Å². The van der Waals surface area contributed by atoms with E-state index in [1.807, 2.05) is 5.18 Å². The van der Waals surface area contributed by atoms with Crippen LogP contribution in [0.4, 0.5) is 40.3 Å². The molecule has 0 atom stereocenters. The van der Waals surface area contributed by atoms with E-state index in [1.54, 1.807) is 0 Å². The predicted octanol–water partition coefficient (Wildman–Crippen LogP) is 4.64. The van der Waals surface area contributed by atoms with Gasteiger partial charge >= 0.3 is 0 Å². The number of rotatable bonds is 3. The van der Waals surface area contributed by atoms with Crippen LogP contribution in [-0.4, -0.2) is 0 Å². The number of hydrogen-bond donors (Lipinski definition) is 1. The highest BCUT2D eigenvalue weighted by atomic mass is 19.2. The minimum Gasteiger partial charge on any atom is -0.399 e. The van der Waals surface area contributed by atoms with Gasteiger partial charge in [0.15, 0.2) is 34.6 Å². The van der Waals surface area contributed by atoms with Gasteiger partial charge in [0.1, 0.15) is 0 Å². The van der Waals surface area contributed by atoms with Gasteiger partial charge in [-0.25, -0.2) is 17.6 Å². The van der Waals surface area contributed by atoms with Crippen LogP contribution < -0.4 is 5.73 Å². The van der Waals surface area contributed by atoms with Crippen LogP contribution in [0, 0.1) is 28.2 Å². The van der Waals surface area contributed by atoms with E-state index in [4.69, 9.17) is 5.73 Å². The van der Waals surface area contributed by atoms with Crippen molar-refractivity contribution in [2.45, 2.75) is 0 Å². The van der Waals surface area contributed by atoms with Crippen molar-refractivity contribution in [3.05, 3.63) is 52.4 Å². The largest absolute Gasteiger partial charge is 0.399 e. The maximum absolute atomic E-state index is 13.5. The number of nitrogens with zero attached hydrogens (tertiary/aromatic N) is 3. The van der Waals surface area contributed by atoms with Gasteiger partial charge in [-0.2, -0.15) is 5.11 Å². The summed E-state index contributed by atoms with van der Waals surface area (Å²) in [5, 5.41) is 8.43. The Morgan fingerprint density at radius 1 is 0.762 bits per heavy atom. The third kappa shape index (κ3) is 2.71. The molecule has 0 saturated carbocycles. The zero-order valence-electron chi connectivity index (χ0n) is 10.1. The monoisotopic (exact) mass is 298 g/mol. The Morgan fingerprint density at radius 2 is 1.24 bits per heavy atom. The molecule has 5 nitrogen and oxygen atoms in total. The molecule has 0 radical (unpaired) electrons. The summed E-state index contributed by atoms with van der Waals surface area (Å²) in [6.45, 7) is 0. The number of nitrogen functional groups attached to an aromatic ring is 1. The van der Waals surface area contributed by atoms with Crippen molar-refractivity contribution in [1.29, 1.82) is 0 Å². The van der Waals surface area contributed by atoms with Crippen molar-refractivity contribution in [1.82, 2.24) is 0 Å². The molecule has 2 aromatic rings. The number of nitroso groups, excluding NO2 is 1. The Hall–Kier alpha value is -2.84. The van der Waals surface area contributed by atoms with Crippen LogP contribution >= 0.6 is 0 Å². The Labute approximate surface area is 115 Å². The van der Waals surface area contributed by atoms with Gasteiger partial charge < -0.3 is 5.73 Å². The quantitative estimate of drug-likeness (QED) is 0.294. The van der Waals surface area contributed by atoms with E-state index in [2.05, 4.69) is 10.2 Å². The molecule has 0 spiro atoms. The van der Waals surface area contributed by atoms with E-state index in [-0.39, 0.29) is 5.69 Å². The van der Waals surface area contributed by atoms with E-state index in [9.17, 15) is 22.5 Å². The van der Waals surface area contributed by atoms with Gasteiger partial charge in [0.2, 0.25) is 0 Å². The summed E-state index contributed by atoms with van der Waals surface area (Å²) in [6, 6.07) is 5.65. The SMILES string of the molecule is Nc1ccc(/N=N/c2c(F)c(F)c(N=O)c(F)c2F)cc1. The van der Waals surface area contributed by atoms with Crippen LogP contribution in [0.1, 0.15) is 0 Å². The fraction of sp³-hybridized carbons (Fsp3) is 0. The van der Waals surface area contributed by atoms with Gasteiger partial charge in [0.05, 0.1) is 5.69 Å². The molecule has 2 N–H and O–H groups in total. The van der Waals surface area contributed by atoms with E-state index < -0.39 is 34.6 Å². The van der Waals surface area contributed by atoms with E-state index in [0.29, 0.717) is 5.69 Å². The number of halogens is 4. The molecule has 0 saturated heterocycles. The summed E-state index contributed by atoms with van der Waals surface area (Å²) in [4.78, 5) is 10.1. The molecular formula is C12H6F4N4O. The molecule has 0 unspecified atom stereocenters. The van der Waals surface area contributed by atoms with E-state index >= 15 is 0 Å². The second kappa shape index (κ2) is 5.65. The predicted molar refractivity (Wildman–Crippen MR) is 66.8 cm³/mol. The first-order valence-corrected chi connectivity index (χ1v) is 5.42. The lowest BCUT2D eigenvalue weighted by atomic mass is 10.2. The number of azo groups is 1. The number of nitrogens with two attached hydrogens (primary N) is 1. The summed E-state index contributed by atoms with van der Waals surface area (Å²) in [7, 11) is 0. The minimum absolute atomic E-state index is 0.154. The first-order valence-electron chi connectivity index (χ1n) is 5.42. The lowest BCUT2D eigenvalue weighted by molar-refractivity contribution is 0.460. The molecule has 9 heteroatoms. The van der Waals surface area contributed by atoms with Crippen LogP contribution in [0.2, 0.25) is 0 Å². The van der Waals surface area contributed by atoms with Gasteiger partial charge in [-0.1, -0.05) is 0 Å². The Bertz CT molecular complexity index is 702. The normalized spacial score (nSPS) is 11.0. The highest BCUT2D eigenvalue weighted by molar-refractivity contribution is 5.53. The molecule has 0 aliphatic rings. The molecule has 108 valence electrons. The smallest absolute Gasteiger partial charge is 0.193 e. The fourth-order valence-electron chi connectivity index (χ4n) is 1.43. The first kappa shape index (κ1) is 14.6. The third-order valence-electron chi connectivity index (χ3n) is 2.47. The average Bonchev–Trinajstić information content (AvgIpc) is 2.48. The second-order valence-electron chi connectivity index (χ2n) is 3.84. The molecular weight excluding hydrogens is 292 g/mol. The summed E-state index contributed by atoms with van der Waals surface area (Å²) < 4.78 is 53.6. The van der Waals surface area contributed by atoms with E-state index in [1.165, 1.54) is 24.3 Å². The molecule has 2 rings (SSSR count). The van der Waals surface area contributed by atoms with Crippen molar-refractivity contribution in [2.24, 2.45) is 15.4 Å². The van der Waals surface area contributed by atoms with Crippen LogP contribution in [0.3, 0.4) is 0 Å². The maximum Gasteiger partial charge on any atom is 0.193 e. The van der Waals surface area contributed by atoms with Crippen molar-refractivity contribution in [3.63, 3.8) is 0 Å². The molecule has 0 heterocycles. The second-order valence-corrected chi connectivity index (χ2v) is 3.84. The zero-order valence-corrected chi connectivity index (χ0v) is 10.1.